The monoisotopic (exact) mass is 303 g/mol. The van der Waals surface area contributed by atoms with Gasteiger partial charge in [0.15, 0.2) is 0 Å². The van der Waals surface area contributed by atoms with Crippen molar-refractivity contribution < 1.29 is 4.74 Å². The van der Waals surface area contributed by atoms with E-state index in [1.165, 1.54) is 32.2 Å². The lowest BCUT2D eigenvalue weighted by atomic mass is 9.82. The summed E-state index contributed by atoms with van der Waals surface area (Å²) in [5, 5.41) is 0.674. The minimum Gasteiger partial charge on any atom is -0.381 e. The summed E-state index contributed by atoms with van der Waals surface area (Å²) in [6.07, 6.45) is 5.35. The van der Waals surface area contributed by atoms with Gasteiger partial charge in [0.25, 0.3) is 0 Å². The molecule has 2 heterocycles. The second-order valence-electron chi connectivity index (χ2n) is 6.58. The average Bonchev–Trinajstić information content (AvgIpc) is 2.94. The molecule has 19 heavy (non-hydrogen) atoms. The highest BCUT2D eigenvalue weighted by Crippen LogP contribution is 2.34. The van der Waals surface area contributed by atoms with Crippen molar-refractivity contribution in [2.75, 3.05) is 26.8 Å². The molecule has 2 aliphatic rings. The molecule has 0 aromatic heterocycles. The van der Waals surface area contributed by atoms with Gasteiger partial charge in [0.05, 0.1) is 0 Å². The van der Waals surface area contributed by atoms with Crippen molar-refractivity contribution in [3.63, 3.8) is 0 Å². The van der Waals surface area contributed by atoms with E-state index in [0.717, 1.165) is 37.0 Å². The van der Waals surface area contributed by atoms with Crippen molar-refractivity contribution in [2.45, 2.75) is 50.8 Å². The van der Waals surface area contributed by atoms with Crippen molar-refractivity contribution in [2.24, 2.45) is 17.8 Å². The summed E-state index contributed by atoms with van der Waals surface area (Å²) < 4.78 is 5.53. The van der Waals surface area contributed by atoms with Gasteiger partial charge in [-0.2, -0.15) is 0 Å². The number of rotatable bonds is 5. The second kappa shape index (κ2) is 7.58. The molecule has 4 unspecified atom stereocenters. The molecule has 0 aromatic carbocycles. The van der Waals surface area contributed by atoms with Gasteiger partial charge in [-0.1, -0.05) is 24.6 Å². The number of hydrogen-bond donors (Lipinski definition) is 1. The van der Waals surface area contributed by atoms with Gasteiger partial charge < -0.3 is 9.64 Å². The topological polar surface area (TPSA) is 12.5 Å². The Labute approximate surface area is 127 Å². The van der Waals surface area contributed by atoms with Crippen LogP contribution in [0.25, 0.3) is 0 Å². The summed E-state index contributed by atoms with van der Waals surface area (Å²) >= 11 is 4.38. The third kappa shape index (κ3) is 4.29. The molecule has 2 rings (SSSR count). The van der Waals surface area contributed by atoms with Crippen LogP contribution in [0, 0.1) is 17.8 Å². The lowest BCUT2D eigenvalue weighted by Gasteiger charge is -2.40. The molecule has 112 valence electrons. The zero-order valence-corrected chi connectivity index (χ0v) is 14.3. The first kappa shape index (κ1) is 16.0. The van der Waals surface area contributed by atoms with Crippen LogP contribution in [0.4, 0.5) is 0 Å². The van der Waals surface area contributed by atoms with Crippen molar-refractivity contribution in [1.82, 2.24) is 4.90 Å². The fourth-order valence-electron chi connectivity index (χ4n) is 3.63. The Morgan fingerprint density at radius 2 is 2.05 bits per heavy atom. The lowest BCUT2D eigenvalue weighted by molar-refractivity contribution is 0.105. The molecule has 0 aliphatic carbocycles. The third-order valence-electron chi connectivity index (χ3n) is 5.26. The maximum atomic E-state index is 5.53. The molecular weight excluding hydrogens is 274 g/mol. The lowest BCUT2D eigenvalue weighted by Crippen LogP contribution is -2.44. The van der Waals surface area contributed by atoms with Gasteiger partial charge in [-0.25, -0.2) is 0 Å². The Kier molecular flexibility index (Phi) is 6.38. The van der Waals surface area contributed by atoms with Crippen LogP contribution in [0.2, 0.25) is 0 Å². The first-order valence-corrected chi connectivity index (χ1v) is 9.63. The number of likely N-dealkylation sites (tertiary alicyclic amines) is 1. The molecule has 2 aliphatic heterocycles. The molecule has 2 fully saturated rings. The molecule has 2 nitrogen and oxygen atoms in total. The molecule has 0 bridgehead atoms. The van der Waals surface area contributed by atoms with Crippen LogP contribution in [-0.4, -0.2) is 43.0 Å². The van der Waals surface area contributed by atoms with Crippen LogP contribution >= 0.6 is 22.5 Å². The fraction of sp³-hybridized carbons (Fsp3) is 1.00. The summed E-state index contributed by atoms with van der Waals surface area (Å²) in [5.41, 5.74) is 0. The molecule has 0 N–H and O–H groups in total. The van der Waals surface area contributed by atoms with E-state index in [-0.39, 0.29) is 0 Å². The van der Waals surface area contributed by atoms with E-state index in [1.54, 1.807) is 10.8 Å². The highest BCUT2D eigenvalue weighted by molar-refractivity contribution is 8.68. The van der Waals surface area contributed by atoms with Crippen LogP contribution in [-0.2, 0) is 4.74 Å². The van der Waals surface area contributed by atoms with Crippen molar-refractivity contribution in [3.05, 3.63) is 0 Å². The van der Waals surface area contributed by atoms with Crippen molar-refractivity contribution in [3.8, 4) is 0 Å². The van der Waals surface area contributed by atoms with Gasteiger partial charge in [0, 0.05) is 31.1 Å². The van der Waals surface area contributed by atoms with Crippen LogP contribution in [0.5, 0.6) is 0 Å². The van der Waals surface area contributed by atoms with Crippen LogP contribution < -0.4 is 0 Å². The molecule has 2 saturated heterocycles. The average molecular weight is 304 g/mol. The standard InChI is InChI=1S/C15H29NOS2/c1-11(14-6-7-17-10-14)8-15-5-4-13(9-16(15)3)12(2)19-18/h11-15,18H,4-10H2,1-3H3/t11?,12?,13?,14-,15?/m0/s1. The highest BCUT2D eigenvalue weighted by atomic mass is 33.1. The quantitative estimate of drug-likeness (QED) is 0.614. The molecule has 0 spiro atoms. The van der Waals surface area contributed by atoms with Gasteiger partial charge in [-0.05, 0) is 50.5 Å². The van der Waals surface area contributed by atoms with Gasteiger partial charge >= 0.3 is 0 Å². The summed E-state index contributed by atoms with van der Waals surface area (Å²) in [6, 6.07) is 0.781. The summed E-state index contributed by atoms with van der Waals surface area (Å²) in [5.74, 6) is 2.43. The Morgan fingerprint density at radius 3 is 2.63 bits per heavy atom. The normalized spacial score (nSPS) is 36.3. The van der Waals surface area contributed by atoms with E-state index in [2.05, 4.69) is 37.5 Å². The highest BCUT2D eigenvalue weighted by Gasteiger charge is 2.31. The largest absolute Gasteiger partial charge is 0.381 e. The molecule has 0 amide bonds. The Morgan fingerprint density at radius 1 is 1.26 bits per heavy atom. The number of ether oxygens (including phenoxy) is 1. The minimum atomic E-state index is 0.674. The van der Waals surface area contributed by atoms with Gasteiger partial charge in [-0.3, -0.25) is 0 Å². The van der Waals surface area contributed by atoms with Gasteiger partial charge in [0.2, 0.25) is 0 Å². The predicted octanol–water partition coefficient (Wildman–Crippen LogP) is 3.73. The predicted molar refractivity (Wildman–Crippen MR) is 87.9 cm³/mol. The Balaban J connectivity index is 1.79. The molecule has 0 saturated carbocycles. The molecule has 0 aromatic rings. The first-order chi connectivity index (χ1) is 9.11. The Hall–Kier alpha value is 0.620. The maximum absolute atomic E-state index is 5.53. The van der Waals surface area contributed by atoms with Crippen LogP contribution in [0.1, 0.15) is 39.5 Å². The zero-order chi connectivity index (χ0) is 13.8. The zero-order valence-electron chi connectivity index (χ0n) is 12.5. The molecule has 4 heteroatoms. The Bertz CT molecular complexity index is 271. The number of thiol groups is 1. The summed E-state index contributed by atoms with van der Waals surface area (Å²) in [7, 11) is 4.03. The van der Waals surface area contributed by atoms with Gasteiger partial charge in [0.1, 0.15) is 0 Å². The number of hydrogen-bond acceptors (Lipinski definition) is 4. The van der Waals surface area contributed by atoms with Crippen molar-refractivity contribution in [1.29, 1.82) is 0 Å². The smallest absolute Gasteiger partial charge is 0.0497 e. The SMILES string of the molecule is CC(SS)C1CCC(CC(C)[C@H]2CCOC2)N(C)C1. The molecular formula is C15H29NOS2. The van der Waals surface area contributed by atoms with E-state index in [4.69, 9.17) is 4.74 Å². The third-order valence-corrected chi connectivity index (χ3v) is 6.98. The van der Waals surface area contributed by atoms with Crippen LogP contribution in [0.3, 0.4) is 0 Å². The number of nitrogens with zero attached hydrogens (tertiary/aromatic N) is 1. The van der Waals surface area contributed by atoms with E-state index < -0.39 is 0 Å². The summed E-state index contributed by atoms with van der Waals surface area (Å²) in [4.78, 5) is 2.60. The molecule has 5 atom stereocenters. The summed E-state index contributed by atoms with van der Waals surface area (Å²) in [6.45, 7) is 7.95. The minimum absolute atomic E-state index is 0.674. The van der Waals surface area contributed by atoms with E-state index >= 15 is 0 Å². The van der Waals surface area contributed by atoms with E-state index in [1.807, 2.05) is 0 Å². The van der Waals surface area contributed by atoms with E-state index in [0.29, 0.717) is 5.25 Å². The first-order valence-electron chi connectivity index (χ1n) is 7.70. The number of piperidine rings is 1. The van der Waals surface area contributed by atoms with E-state index in [9.17, 15) is 0 Å². The van der Waals surface area contributed by atoms with Crippen LogP contribution in [0.15, 0.2) is 0 Å². The fourth-order valence-corrected chi connectivity index (χ4v) is 4.54. The van der Waals surface area contributed by atoms with Gasteiger partial charge in [-0.15, -0.1) is 11.7 Å². The molecule has 0 radical (unpaired) electrons. The second-order valence-corrected chi connectivity index (χ2v) is 8.16. The maximum Gasteiger partial charge on any atom is 0.0497 e. The van der Waals surface area contributed by atoms with Crippen molar-refractivity contribution >= 4 is 22.5 Å².